The Kier molecular flexibility index (Phi) is 4.47. The molecule has 0 radical (unpaired) electrons. The van der Waals surface area contributed by atoms with Gasteiger partial charge in [0.15, 0.2) is 5.82 Å². The lowest BCUT2D eigenvalue weighted by atomic mass is 10.0. The summed E-state index contributed by atoms with van der Waals surface area (Å²) in [6, 6.07) is 7.75. The summed E-state index contributed by atoms with van der Waals surface area (Å²) in [4.78, 5) is 16.7. The van der Waals surface area contributed by atoms with Crippen LogP contribution in [0.15, 0.2) is 36.7 Å². The van der Waals surface area contributed by atoms with Gasteiger partial charge in [0.2, 0.25) is 5.78 Å². The Morgan fingerprint density at radius 3 is 2.89 bits per heavy atom. The average molecular weight is 257 g/mol. The minimum Gasteiger partial charge on any atom is -0.328 e. The van der Waals surface area contributed by atoms with E-state index in [1.807, 2.05) is 49.0 Å². The van der Waals surface area contributed by atoms with Crippen molar-refractivity contribution >= 4 is 5.78 Å². The molecule has 4 nitrogen and oxygen atoms in total. The van der Waals surface area contributed by atoms with Crippen LogP contribution in [0.25, 0.3) is 0 Å². The Labute approximate surface area is 113 Å². The summed E-state index contributed by atoms with van der Waals surface area (Å²) >= 11 is 0. The van der Waals surface area contributed by atoms with Crippen LogP contribution in [-0.4, -0.2) is 28.9 Å². The number of aryl methyl sites for hydroxylation is 1. The molecule has 0 aliphatic heterocycles. The fraction of sp³-hybridized carbons (Fsp3) is 0.333. The number of ketones is 1. The highest BCUT2D eigenvalue weighted by atomic mass is 16.1. The van der Waals surface area contributed by atoms with Crippen molar-refractivity contribution in [2.45, 2.75) is 19.9 Å². The second-order valence-electron chi connectivity index (χ2n) is 4.38. The molecule has 19 heavy (non-hydrogen) atoms. The molecule has 0 saturated carbocycles. The van der Waals surface area contributed by atoms with E-state index in [4.69, 9.17) is 0 Å². The monoisotopic (exact) mass is 257 g/mol. The minimum atomic E-state index is -0.00134. The van der Waals surface area contributed by atoms with Crippen molar-refractivity contribution < 1.29 is 4.79 Å². The third-order valence-corrected chi connectivity index (χ3v) is 3.17. The maximum atomic E-state index is 12.6. The van der Waals surface area contributed by atoms with Crippen molar-refractivity contribution in [3.63, 3.8) is 0 Å². The van der Waals surface area contributed by atoms with Gasteiger partial charge in [-0.15, -0.1) is 0 Å². The SMILES string of the molecule is CCn1ccnc1C(=O)c1ccccc1CCNC. The fourth-order valence-electron chi connectivity index (χ4n) is 2.11. The third-order valence-electron chi connectivity index (χ3n) is 3.17. The first-order valence-electron chi connectivity index (χ1n) is 6.56. The predicted molar refractivity (Wildman–Crippen MR) is 75.4 cm³/mol. The van der Waals surface area contributed by atoms with Gasteiger partial charge in [0, 0.05) is 24.5 Å². The summed E-state index contributed by atoms with van der Waals surface area (Å²) in [5.74, 6) is 0.512. The van der Waals surface area contributed by atoms with Gasteiger partial charge < -0.3 is 9.88 Å². The number of benzene rings is 1. The van der Waals surface area contributed by atoms with Gasteiger partial charge in [0.25, 0.3) is 0 Å². The van der Waals surface area contributed by atoms with Crippen molar-refractivity contribution in [1.82, 2.24) is 14.9 Å². The smallest absolute Gasteiger partial charge is 0.228 e. The Morgan fingerprint density at radius 2 is 2.16 bits per heavy atom. The molecule has 0 fully saturated rings. The fourth-order valence-corrected chi connectivity index (χ4v) is 2.11. The molecule has 0 spiro atoms. The highest BCUT2D eigenvalue weighted by Gasteiger charge is 2.17. The first-order valence-corrected chi connectivity index (χ1v) is 6.56. The molecule has 0 bridgehead atoms. The maximum absolute atomic E-state index is 12.6. The van der Waals surface area contributed by atoms with Crippen LogP contribution >= 0.6 is 0 Å². The van der Waals surface area contributed by atoms with Gasteiger partial charge in [-0.05, 0) is 32.5 Å². The van der Waals surface area contributed by atoms with Crippen LogP contribution in [0, 0.1) is 0 Å². The van der Waals surface area contributed by atoms with E-state index in [9.17, 15) is 4.79 Å². The number of nitrogens with one attached hydrogen (secondary N) is 1. The number of carbonyl (C=O) groups is 1. The Bertz CT molecular complexity index is 560. The molecule has 0 unspecified atom stereocenters. The summed E-state index contributed by atoms with van der Waals surface area (Å²) in [6.45, 7) is 3.61. The van der Waals surface area contributed by atoms with Gasteiger partial charge in [-0.1, -0.05) is 24.3 Å². The zero-order valence-corrected chi connectivity index (χ0v) is 11.4. The quantitative estimate of drug-likeness (QED) is 0.804. The van der Waals surface area contributed by atoms with Crippen molar-refractivity contribution in [3.8, 4) is 0 Å². The van der Waals surface area contributed by atoms with Crippen LogP contribution in [0.1, 0.15) is 28.7 Å². The van der Waals surface area contributed by atoms with Crippen molar-refractivity contribution in [2.75, 3.05) is 13.6 Å². The Morgan fingerprint density at radius 1 is 1.37 bits per heavy atom. The molecule has 100 valence electrons. The number of aromatic nitrogens is 2. The molecule has 0 amide bonds. The van der Waals surface area contributed by atoms with Crippen molar-refractivity contribution in [3.05, 3.63) is 53.6 Å². The number of hydrogen-bond donors (Lipinski definition) is 1. The van der Waals surface area contributed by atoms with Gasteiger partial charge >= 0.3 is 0 Å². The second-order valence-corrected chi connectivity index (χ2v) is 4.38. The lowest BCUT2D eigenvalue weighted by Crippen LogP contribution is -2.15. The number of rotatable bonds is 6. The van der Waals surface area contributed by atoms with E-state index in [1.54, 1.807) is 6.20 Å². The molecular weight excluding hydrogens is 238 g/mol. The summed E-state index contributed by atoms with van der Waals surface area (Å²) in [6.07, 6.45) is 4.35. The zero-order valence-electron chi connectivity index (χ0n) is 11.4. The minimum absolute atomic E-state index is 0.00134. The molecule has 2 aromatic rings. The molecule has 0 saturated heterocycles. The molecule has 0 aliphatic rings. The predicted octanol–water partition coefficient (Wildman–Crippen LogP) is 1.90. The molecule has 1 N–H and O–H groups in total. The van der Waals surface area contributed by atoms with Gasteiger partial charge in [-0.3, -0.25) is 4.79 Å². The normalized spacial score (nSPS) is 10.6. The van der Waals surface area contributed by atoms with E-state index in [1.165, 1.54) is 0 Å². The van der Waals surface area contributed by atoms with E-state index in [0.29, 0.717) is 5.82 Å². The number of hydrogen-bond acceptors (Lipinski definition) is 3. The standard InChI is InChI=1S/C15H19N3O/c1-3-18-11-10-17-15(18)14(19)13-7-5-4-6-12(13)8-9-16-2/h4-7,10-11,16H,3,8-9H2,1-2H3. The summed E-state index contributed by atoms with van der Waals surface area (Å²) in [5.41, 5.74) is 1.81. The third kappa shape index (κ3) is 2.90. The summed E-state index contributed by atoms with van der Waals surface area (Å²) in [5, 5.41) is 3.11. The maximum Gasteiger partial charge on any atom is 0.228 e. The van der Waals surface area contributed by atoms with Gasteiger partial charge in [-0.2, -0.15) is 0 Å². The Balaban J connectivity index is 2.33. The zero-order chi connectivity index (χ0) is 13.7. The average Bonchev–Trinajstić information content (AvgIpc) is 2.93. The number of imidazole rings is 1. The summed E-state index contributed by atoms with van der Waals surface area (Å²) in [7, 11) is 1.91. The second kappa shape index (κ2) is 6.29. The first kappa shape index (κ1) is 13.5. The van der Waals surface area contributed by atoms with Gasteiger partial charge in [-0.25, -0.2) is 4.98 Å². The molecular formula is C15H19N3O. The van der Waals surface area contributed by atoms with Crippen LogP contribution in [0.5, 0.6) is 0 Å². The molecule has 1 aromatic carbocycles. The molecule has 4 heteroatoms. The van der Waals surface area contributed by atoms with E-state index in [2.05, 4.69) is 10.3 Å². The topological polar surface area (TPSA) is 46.9 Å². The van der Waals surface area contributed by atoms with Crippen molar-refractivity contribution in [2.24, 2.45) is 0 Å². The molecule has 0 atom stereocenters. The largest absolute Gasteiger partial charge is 0.328 e. The lowest BCUT2D eigenvalue weighted by molar-refractivity contribution is 0.102. The molecule has 1 heterocycles. The van der Waals surface area contributed by atoms with Crippen LogP contribution in [-0.2, 0) is 13.0 Å². The molecule has 1 aromatic heterocycles. The number of nitrogens with zero attached hydrogens (tertiary/aromatic N) is 2. The van der Waals surface area contributed by atoms with Crippen molar-refractivity contribution in [1.29, 1.82) is 0 Å². The van der Waals surface area contributed by atoms with E-state index in [0.717, 1.165) is 30.6 Å². The van der Waals surface area contributed by atoms with Crippen LogP contribution < -0.4 is 5.32 Å². The van der Waals surface area contributed by atoms with E-state index in [-0.39, 0.29) is 5.78 Å². The van der Waals surface area contributed by atoms with Crippen LogP contribution in [0.2, 0.25) is 0 Å². The lowest BCUT2D eigenvalue weighted by Gasteiger charge is -2.09. The van der Waals surface area contributed by atoms with Gasteiger partial charge in [0.1, 0.15) is 0 Å². The summed E-state index contributed by atoms with van der Waals surface area (Å²) < 4.78 is 1.87. The Hall–Kier alpha value is -1.94. The van der Waals surface area contributed by atoms with E-state index >= 15 is 0 Å². The first-order chi connectivity index (χ1) is 9.27. The molecule has 0 aliphatic carbocycles. The van der Waals surface area contributed by atoms with Crippen LogP contribution in [0.3, 0.4) is 0 Å². The number of carbonyl (C=O) groups excluding carboxylic acids is 1. The van der Waals surface area contributed by atoms with Crippen LogP contribution in [0.4, 0.5) is 0 Å². The highest BCUT2D eigenvalue weighted by molar-refractivity contribution is 6.07. The molecule has 2 rings (SSSR count). The highest BCUT2D eigenvalue weighted by Crippen LogP contribution is 2.14. The van der Waals surface area contributed by atoms with E-state index < -0.39 is 0 Å². The number of likely N-dealkylation sites (N-methyl/N-ethyl adjacent to an activating group) is 1. The van der Waals surface area contributed by atoms with Gasteiger partial charge in [0.05, 0.1) is 0 Å².